The van der Waals surface area contributed by atoms with Gasteiger partial charge in [0.2, 0.25) is 10.0 Å². The van der Waals surface area contributed by atoms with E-state index in [1.165, 1.54) is 10.4 Å². The lowest BCUT2D eigenvalue weighted by atomic mass is 10.1. The minimum absolute atomic E-state index is 0.0559. The van der Waals surface area contributed by atoms with Crippen LogP contribution in [-0.2, 0) is 10.0 Å². The number of benzene rings is 1. The average molecular weight is 366 g/mol. The molecular weight excluding hydrogens is 342 g/mol. The number of hydrogen-bond donors (Lipinski definition) is 0. The van der Waals surface area contributed by atoms with Crippen LogP contribution in [-0.4, -0.2) is 26.4 Å². The average Bonchev–Trinajstić information content (AvgIpc) is 2.86. The van der Waals surface area contributed by atoms with E-state index < -0.39 is 10.0 Å². The van der Waals surface area contributed by atoms with Crippen molar-refractivity contribution in [2.45, 2.75) is 43.5 Å². The molecule has 2 aromatic rings. The summed E-state index contributed by atoms with van der Waals surface area (Å²) in [5.74, 6) is 0.662. The molecule has 2 heterocycles. The highest BCUT2D eigenvalue weighted by Crippen LogP contribution is 2.38. The number of nitrogens with zero attached hydrogens (tertiary/aromatic N) is 1. The smallest absolute Gasteiger partial charge is 0.243 e. The molecule has 24 heavy (non-hydrogen) atoms. The summed E-state index contributed by atoms with van der Waals surface area (Å²) >= 11 is 1.66. The lowest BCUT2D eigenvalue weighted by molar-refractivity contribution is 0.332. The first-order valence-corrected chi connectivity index (χ1v) is 10.6. The SMILES string of the molecule is COc1ccc(S(=O)(=O)N2CCCCC[C@H]2c2sccc2C)cc1. The number of hydrogen-bond acceptors (Lipinski definition) is 4. The zero-order valence-electron chi connectivity index (χ0n) is 14.1. The molecule has 0 bridgehead atoms. The van der Waals surface area contributed by atoms with Crippen molar-refractivity contribution < 1.29 is 13.2 Å². The van der Waals surface area contributed by atoms with Crippen molar-refractivity contribution in [1.82, 2.24) is 4.31 Å². The largest absolute Gasteiger partial charge is 0.497 e. The fraction of sp³-hybridized carbons (Fsp3) is 0.444. The van der Waals surface area contributed by atoms with Crippen LogP contribution in [0.5, 0.6) is 5.75 Å². The normalized spacial score (nSPS) is 19.8. The molecule has 0 aliphatic carbocycles. The molecule has 1 aliphatic heterocycles. The summed E-state index contributed by atoms with van der Waals surface area (Å²) in [4.78, 5) is 1.51. The molecular formula is C18H23NO3S2. The van der Waals surface area contributed by atoms with Gasteiger partial charge in [0.15, 0.2) is 0 Å². The molecule has 1 aromatic heterocycles. The van der Waals surface area contributed by atoms with Crippen molar-refractivity contribution in [2.75, 3.05) is 13.7 Å². The van der Waals surface area contributed by atoms with Crippen LogP contribution in [0.2, 0.25) is 0 Å². The van der Waals surface area contributed by atoms with E-state index in [0.717, 1.165) is 25.7 Å². The molecule has 6 heteroatoms. The summed E-state index contributed by atoms with van der Waals surface area (Å²) in [6.45, 7) is 2.64. The third-order valence-corrected chi connectivity index (χ3v) is 7.62. The van der Waals surface area contributed by atoms with Gasteiger partial charge in [0.25, 0.3) is 0 Å². The van der Waals surface area contributed by atoms with Crippen LogP contribution >= 0.6 is 11.3 Å². The van der Waals surface area contributed by atoms with Gasteiger partial charge in [-0.05, 0) is 61.0 Å². The third kappa shape index (κ3) is 3.36. The van der Waals surface area contributed by atoms with Gasteiger partial charge in [-0.1, -0.05) is 12.8 Å². The van der Waals surface area contributed by atoms with Gasteiger partial charge in [0.05, 0.1) is 18.0 Å². The second-order valence-corrected chi connectivity index (χ2v) is 8.96. The van der Waals surface area contributed by atoms with Gasteiger partial charge in [-0.25, -0.2) is 8.42 Å². The Balaban J connectivity index is 1.99. The van der Waals surface area contributed by atoms with Gasteiger partial charge in [0, 0.05) is 11.4 Å². The van der Waals surface area contributed by atoms with Crippen LogP contribution in [0, 0.1) is 6.92 Å². The molecule has 0 unspecified atom stereocenters. The molecule has 1 atom stereocenters. The Morgan fingerprint density at radius 2 is 1.88 bits per heavy atom. The summed E-state index contributed by atoms with van der Waals surface area (Å²) in [5.41, 5.74) is 1.18. The summed E-state index contributed by atoms with van der Waals surface area (Å²) in [5, 5.41) is 2.05. The topological polar surface area (TPSA) is 46.6 Å². The predicted molar refractivity (Wildman–Crippen MR) is 97.2 cm³/mol. The number of thiophene rings is 1. The third-order valence-electron chi connectivity index (χ3n) is 4.57. The van der Waals surface area contributed by atoms with Gasteiger partial charge in [0.1, 0.15) is 5.75 Å². The van der Waals surface area contributed by atoms with Gasteiger partial charge in [-0.2, -0.15) is 4.31 Å². The van der Waals surface area contributed by atoms with Crippen LogP contribution in [0.1, 0.15) is 42.2 Å². The van der Waals surface area contributed by atoms with E-state index in [2.05, 4.69) is 13.0 Å². The Morgan fingerprint density at radius 1 is 1.12 bits per heavy atom. The van der Waals surface area contributed by atoms with Crippen LogP contribution in [0.4, 0.5) is 0 Å². The minimum Gasteiger partial charge on any atom is -0.497 e. The van der Waals surface area contributed by atoms with E-state index in [0.29, 0.717) is 17.2 Å². The Kier molecular flexibility index (Phi) is 5.27. The molecule has 0 N–H and O–H groups in total. The van der Waals surface area contributed by atoms with E-state index in [-0.39, 0.29) is 6.04 Å². The zero-order valence-corrected chi connectivity index (χ0v) is 15.7. The quantitative estimate of drug-likeness (QED) is 0.808. The van der Waals surface area contributed by atoms with Crippen molar-refractivity contribution >= 4 is 21.4 Å². The van der Waals surface area contributed by atoms with Crippen molar-refractivity contribution in [3.8, 4) is 5.75 Å². The molecule has 0 saturated carbocycles. The van der Waals surface area contributed by atoms with E-state index >= 15 is 0 Å². The Morgan fingerprint density at radius 3 is 2.50 bits per heavy atom. The highest BCUT2D eigenvalue weighted by Gasteiger charge is 2.34. The molecule has 1 saturated heterocycles. The van der Waals surface area contributed by atoms with Crippen molar-refractivity contribution in [2.24, 2.45) is 0 Å². The lowest BCUT2D eigenvalue weighted by Gasteiger charge is -2.29. The van der Waals surface area contributed by atoms with E-state index in [9.17, 15) is 8.42 Å². The van der Waals surface area contributed by atoms with Gasteiger partial charge < -0.3 is 4.74 Å². The standard InChI is InChI=1S/C18H23NO3S2/c1-14-11-13-23-18(14)17-6-4-3-5-12-19(17)24(20,21)16-9-7-15(22-2)8-10-16/h7-11,13,17H,3-6,12H2,1-2H3/t17-/m0/s1. The number of rotatable bonds is 4. The molecule has 0 spiro atoms. The van der Waals surface area contributed by atoms with E-state index in [1.807, 2.05) is 5.38 Å². The van der Waals surface area contributed by atoms with Crippen LogP contribution in [0.15, 0.2) is 40.6 Å². The number of ether oxygens (including phenoxy) is 1. The van der Waals surface area contributed by atoms with Crippen molar-refractivity contribution in [3.63, 3.8) is 0 Å². The van der Waals surface area contributed by atoms with Gasteiger partial charge in [-0.15, -0.1) is 11.3 Å². The fourth-order valence-electron chi connectivity index (χ4n) is 3.24. The molecule has 3 rings (SSSR count). The van der Waals surface area contributed by atoms with Crippen molar-refractivity contribution in [1.29, 1.82) is 0 Å². The van der Waals surface area contributed by atoms with Gasteiger partial charge >= 0.3 is 0 Å². The highest BCUT2D eigenvalue weighted by molar-refractivity contribution is 7.89. The predicted octanol–water partition coefficient (Wildman–Crippen LogP) is 4.37. The van der Waals surface area contributed by atoms with Gasteiger partial charge in [-0.3, -0.25) is 0 Å². The maximum absolute atomic E-state index is 13.2. The van der Waals surface area contributed by atoms with Crippen LogP contribution in [0.3, 0.4) is 0 Å². The highest BCUT2D eigenvalue weighted by atomic mass is 32.2. The summed E-state index contributed by atoms with van der Waals surface area (Å²) in [6.07, 6.45) is 3.94. The second kappa shape index (κ2) is 7.25. The molecule has 0 amide bonds. The number of aryl methyl sites for hydroxylation is 1. The number of sulfonamides is 1. The van der Waals surface area contributed by atoms with Crippen molar-refractivity contribution in [3.05, 3.63) is 46.2 Å². The first-order valence-electron chi connectivity index (χ1n) is 8.24. The molecule has 0 radical (unpaired) electrons. The lowest BCUT2D eigenvalue weighted by Crippen LogP contribution is -2.34. The molecule has 1 aromatic carbocycles. The zero-order chi connectivity index (χ0) is 17.2. The Bertz CT molecular complexity index is 781. The first kappa shape index (κ1) is 17.5. The van der Waals surface area contributed by atoms with E-state index in [4.69, 9.17) is 4.74 Å². The summed E-state index contributed by atoms with van der Waals surface area (Å²) in [7, 11) is -1.94. The Labute approximate surface area is 148 Å². The first-order chi connectivity index (χ1) is 11.5. The fourth-order valence-corrected chi connectivity index (χ4v) is 6.05. The molecule has 4 nitrogen and oxygen atoms in total. The maximum atomic E-state index is 13.2. The van der Waals surface area contributed by atoms with Crippen LogP contribution in [0.25, 0.3) is 0 Å². The van der Waals surface area contributed by atoms with Crippen LogP contribution < -0.4 is 4.74 Å². The molecule has 130 valence electrons. The Hall–Kier alpha value is -1.37. The minimum atomic E-state index is -3.52. The monoisotopic (exact) mass is 365 g/mol. The molecule has 1 aliphatic rings. The van der Waals surface area contributed by atoms with E-state index in [1.54, 1.807) is 47.0 Å². The number of methoxy groups -OCH3 is 1. The molecule has 1 fully saturated rings. The summed E-state index contributed by atoms with van der Waals surface area (Å²) < 4.78 is 33.3. The maximum Gasteiger partial charge on any atom is 0.243 e. The summed E-state index contributed by atoms with van der Waals surface area (Å²) in [6, 6.07) is 8.70. The second-order valence-electron chi connectivity index (χ2n) is 6.12.